The normalized spacial score (nSPS) is 13.1. The average molecular weight is 326 g/mol. The number of hydrogen-bond donors (Lipinski definition) is 2. The maximum absolute atomic E-state index is 12.0. The van der Waals surface area contributed by atoms with Gasteiger partial charge in [-0.15, -0.1) is 11.8 Å². The first-order valence-electron chi connectivity index (χ1n) is 7.61. The Labute approximate surface area is 139 Å². The molecule has 3 rings (SSSR count). The predicted octanol–water partition coefficient (Wildman–Crippen LogP) is 3.09. The Morgan fingerprint density at radius 3 is 2.83 bits per heavy atom. The summed E-state index contributed by atoms with van der Waals surface area (Å²) in [6.07, 6.45) is 1.27. The standard InChI is InChI=1S/C18H18N2O2S/c21-17(9-11-23-15-4-2-1-3-5-15)20-14-7-6-13-8-10-19-18(22)16(13)12-14/h1-7,12H,8-11H2,(H,19,22)(H,20,21). The van der Waals surface area contributed by atoms with Crippen LogP contribution in [0.2, 0.25) is 0 Å². The van der Waals surface area contributed by atoms with Crippen LogP contribution >= 0.6 is 11.8 Å². The molecule has 0 saturated carbocycles. The molecule has 4 nitrogen and oxygen atoms in total. The number of anilines is 1. The summed E-state index contributed by atoms with van der Waals surface area (Å²) >= 11 is 1.66. The van der Waals surface area contributed by atoms with Crippen LogP contribution in [0.15, 0.2) is 53.4 Å². The lowest BCUT2D eigenvalue weighted by atomic mass is 10.00. The molecule has 118 valence electrons. The number of amides is 2. The molecule has 0 aromatic heterocycles. The maximum Gasteiger partial charge on any atom is 0.251 e. The van der Waals surface area contributed by atoms with Gasteiger partial charge in [0.15, 0.2) is 0 Å². The quantitative estimate of drug-likeness (QED) is 0.830. The summed E-state index contributed by atoms with van der Waals surface area (Å²) in [7, 11) is 0. The first kappa shape index (κ1) is 15.6. The molecular formula is C18H18N2O2S. The number of carbonyl (C=O) groups excluding carboxylic acids is 2. The molecular weight excluding hydrogens is 308 g/mol. The first-order chi connectivity index (χ1) is 11.2. The second-order valence-electron chi connectivity index (χ2n) is 5.34. The number of carbonyl (C=O) groups is 2. The third-order valence-electron chi connectivity index (χ3n) is 3.66. The fourth-order valence-electron chi connectivity index (χ4n) is 2.49. The maximum atomic E-state index is 12.0. The van der Waals surface area contributed by atoms with Crippen LogP contribution in [0.4, 0.5) is 5.69 Å². The van der Waals surface area contributed by atoms with Gasteiger partial charge in [0.2, 0.25) is 5.91 Å². The Morgan fingerprint density at radius 2 is 2.00 bits per heavy atom. The van der Waals surface area contributed by atoms with E-state index in [9.17, 15) is 9.59 Å². The zero-order valence-corrected chi connectivity index (χ0v) is 13.5. The van der Waals surface area contributed by atoms with E-state index in [0.717, 1.165) is 22.6 Å². The van der Waals surface area contributed by atoms with Gasteiger partial charge in [0, 0.05) is 34.9 Å². The Kier molecular flexibility index (Phi) is 4.98. The highest BCUT2D eigenvalue weighted by atomic mass is 32.2. The van der Waals surface area contributed by atoms with Crippen LogP contribution in [0.3, 0.4) is 0 Å². The minimum Gasteiger partial charge on any atom is -0.352 e. The van der Waals surface area contributed by atoms with Crippen molar-refractivity contribution in [2.45, 2.75) is 17.7 Å². The Balaban J connectivity index is 1.54. The van der Waals surface area contributed by atoms with Crippen molar-refractivity contribution in [2.75, 3.05) is 17.6 Å². The molecule has 0 spiro atoms. The molecule has 2 aromatic carbocycles. The number of fused-ring (bicyclic) bond motifs is 1. The van der Waals surface area contributed by atoms with Gasteiger partial charge in [-0.05, 0) is 36.2 Å². The molecule has 2 N–H and O–H groups in total. The third-order valence-corrected chi connectivity index (χ3v) is 4.67. The number of thioether (sulfide) groups is 1. The van der Waals surface area contributed by atoms with E-state index in [1.54, 1.807) is 17.8 Å². The van der Waals surface area contributed by atoms with Crippen molar-refractivity contribution in [1.82, 2.24) is 5.32 Å². The lowest BCUT2D eigenvalue weighted by Gasteiger charge is -2.17. The average Bonchev–Trinajstić information content (AvgIpc) is 2.57. The van der Waals surface area contributed by atoms with Gasteiger partial charge in [0.1, 0.15) is 0 Å². The van der Waals surface area contributed by atoms with Crippen molar-refractivity contribution in [3.8, 4) is 0 Å². The van der Waals surface area contributed by atoms with E-state index in [2.05, 4.69) is 10.6 Å². The van der Waals surface area contributed by atoms with Gasteiger partial charge in [-0.2, -0.15) is 0 Å². The van der Waals surface area contributed by atoms with Crippen molar-refractivity contribution >= 4 is 29.3 Å². The summed E-state index contributed by atoms with van der Waals surface area (Å²) in [5, 5.41) is 5.68. The van der Waals surface area contributed by atoms with Gasteiger partial charge in [-0.1, -0.05) is 24.3 Å². The minimum absolute atomic E-state index is 0.0374. The van der Waals surface area contributed by atoms with Crippen LogP contribution in [-0.2, 0) is 11.2 Å². The molecule has 2 amide bonds. The molecule has 0 bridgehead atoms. The molecule has 23 heavy (non-hydrogen) atoms. The van der Waals surface area contributed by atoms with Crippen LogP contribution in [0.25, 0.3) is 0 Å². The smallest absolute Gasteiger partial charge is 0.251 e. The van der Waals surface area contributed by atoms with E-state index in [-0.39, 0.29) is 11.8 Å². The lowest BCUT2D eigenvalue weighted by Crippen LogP contribution is -2.31. The fraction of sp³-hybridized carbons (Fsp3) is 0.222. The second-order valence-corrected chi connectivity index (χ2v) is 6.51. The summed E-state index contributed by atoms with van der Waals surface area (Å²) in [5.41, 5.74) is 2.37. The number of hydrogen-bond acceptors (Lipinski definition) is 3. The number of rotatable bonds is 5. The monoisotopic (exact) mass is 326 g/mol. The molecule has 2 aromatic rings. The van der Waals surface area contributed by atoms with Crippen LogP contribution in [0.1, 0.15) is 22.3 Å². The topological polar surface area (TPSA) is 58.2 Å². The summed E-state index contributed by atoms with van der Waals surface area (Å²) in [5.74, 6) is 0.618. The molecule has 0 saturated heterocycles. The van der Waals surface area contributed by atoms with Crippen molar-refractivity contribution in [2.24, 2.45) is 0 Å². The highest BCUT2D eigenvalue weighted by molar-refractivity contribution is 7.99. The van der Waals surface area contributed by atoms with E-state index in [0.29, 0.717) is 24.2 Å². The summed E-state index contributed by atoms with van der Waals surface area (Å²) in [4.78, 5) is 25.0. The molecule has 0 radical (unpaired) electrons. The van der Waals surface area contributed by atoms with E-state index in [1.807, 2.05) is 42.5 Å². The Hall–Kier alpha value is -2.27. The van der Waals surface area contributed by atoms with Crippen LogP contribution < -0.4 is 10.6 Å². The van der Waals surface area contributed by atoms with Gasteiger partial charge in [-0.3, -0.25) is 9.59 Å². The van der Waals surface area contributed by atoms with Crippen molar-refractivity contribution in [1.29, 1.82) is 0 Å². The SMILES string of the molecule is O=C(CCSc1ccccc1)Nc1ccc2c(c1)C(=O)NCC2. The minimum atomic E-state index is -0.0676. The van der Waals surface area contributed by atoms with Gasteiger partial charge < -0.3 is 10.6 Å². The van der Waals surface area contributed by atoms with Gasteiger partial charge in [0.05, 0.1) is 0 Å². The second kappa shape index (κ2) is 7.33. The molecule has 0 atom stereocenters. The number of nitrogens with one attached hydrogen (secondary N) is 2. The van der Waals surface area contributed by atoms with E-state index < -0.39 is 0 Å². The predicted molar refractivity (Wildman–Crippen MR) is 92.9 cm³/mol. The molecule has 0 unspecified atom stereocenters. The van der Waals surface area contributed by atoms with Gasteiger partial charge >= 0.3 is 0 Å². The zero-order valence-electron chi connectivity index (χ0n) is 12.7. The third kappa shape index (κ3) is 4.13. The molecule has 0 aliphatic carbocycles. The fourth-order valence-corrected chi connectivity index (χ4v) is 3.36. The molecule has 0 fully saturated rings. The van der Waals surface area contributed by atoms with E-state index in [1.165, 1.54) is 0 Å². The highest BCUT2D eigenvalue weighted by Gasteiger charge is 2.17. The van der Waals surface area contributed by atoms with Crippen LogP contribution in [0.5, 0.6) is 0 Å². The molecule has 5 heteroatoms. The Bertz CT molecular complexity index is 716. The Morgan fingerprint density at radius 1 is 1.17 bits per heavy atom. The van der Waals surface area contributed by atoms with Crippen molar-refractivity contribution in [3.63, 3.8) is 0 Å². The van der Waals surface area contributed by atoms with Gasteiger partial charge in [0.25, 0.3) is 5.91 Å². The summed E-state index contributed by atoms with van der Waals surface area (Å²) in [6, 6.07) is 15.5. The van der Waals surface area contributed by atoms with Gasteiger partial charge in [-0.25, -0.2) is 0 Å². The first-order valence-corrected chi connectivity index (χ1v) is 8.60. The lowest BCUT2D eigenvalue weighted by molar-refractivity contribution is -0.115. The van der Waals surface area contributed by atoms with Crippen LogP contribution in [0, 0.1) is 0 Å². The van der Waals surface area contributed by atoms with E-state index in [4.69, 9.17) is 0 Å². The van der Waals surface area contributed by atoms with Crippen molar-refractivity contribution in [3.05, 3.63) is 59.7 Å². The van der Waals surface area contributed by atoms with Crippen LogP contribution in [-0.4, -0.2) is 24.1 Å². The molecule has 1 heterocycles. The zero-order chi connectivity index (χ0) is 16.1. The largest absolute Gasteiger partial charge is 0.352 e. The van der Waals surface area contributed by atoms with E-state index >= 15 is 0 Å². The molecule has 1 aliphatic heterocycles. The summed E-state index contributed by atoms with van der Waals surface area (Å²) in [6.45, 7) is 0.675. The number of benzene rings is 2. The van der Waals surface area contributed by atoms with Crippen molar-refractivity contribution < 1.29 is 9.59 Å². The summed E-state index contributed by atoms with van der Waals surface area (Å²) < 4.78 is 0. The molecule has 1 aliphatic rings. The highest BCUT2D eigenvalue weighted by Crippen LogP contribution is 2.20.